The van der Waals surface area contributed by atoms with Crippen LogP contribution in [-0.2, 0) is 0 Å². The highest BCUT2D eigenvalue weighted by Gasteiger charge is 2.10. The summed E-state index contributed by atoms with van der Waals surface area (Å²) in [5.41, 5.74) is 0. The second-order valence-electron chi connectivity index (χ2n) is 3.91. The Labute approximate surface area is 107 Å². The van der Waals surface area contributed by atoms with Gasteiger partial charge in [-0.15, -0.1) is 0 Å². The van der Waals surface area contributed by atoms with Gasteiger partial charge in [0.1, 0.15) is 17.7 Å². The molecule has 4 heteroatoms. The van der Waals surface area contributed by atoms with Gasteiger partial charge in [0.15, 0.2) is 0 Å². The van der Waals surface area contributed by atoms with Gasteiger partial charge in [-0.05, 0) is 25.1 Å². The maximum absolute atomic E-state index is 13.0. The highest BCUT2D eigenvalue weighted by molar-refractivity contribution is 6.30. The summed E-state index contributed by atoms with van der Waals surface area (Å²) in [5.74, 6) is 0.200. The van der Waals surface area contributed by atoms with Gasteiger partial charge in [0.2, 0.25) is 0 Å². The molecule has 0 fully saturated rings. The monoisotopic (exact) mass is 259 g/mol. The molecule has 1 atom stereocenters. The van der Waals surface area contributed by atoms with Crippen LogP contribution in [0.4, 0.5) is 4.39 Å². The zero-order chi connectivity index (χ0) is 12.7. The van der Waals surface area contributed by atoms with Crippen LogP contribution in [0, 0.1) is 5.82 Å². The van der Waals surface area contributed by atoms with E-state index < -0.39 is 5.82 Å². The molecule has 1 aromatic carbocycles. The molecule has 0 aliphatic heterocycles. The number of hydrogen-bond donors (Lipinski definition) is 1. The van der Waals surface area contributed by atoms with Gasteiger partial charge >= 0.3 is 0 Å². The van der Waals surface area contributed by atoms with Crippen LogP contribution in [0.3, 0.4) is 0 Å². The molecule has 2 nitrogen and oxygen atoms in total. The van der Waals surface area contributed by atoms with Gasteiger partial charge in [-0.25, -0.2) is 4.39 Å². The van der Waals surface area contributed by atoms with Crippen LogP contribution in [-0.4, -0.2) is 19.2 Å². The highest BCUT2D eigenvalue weighted by Crippen LogP contribution is 2.22. The van der Waals surface area contributed by atoms with Crippen LogP contribution in [0.1, 0.15) is 26.7 Å². The first-order chi connectivity index (χ1) is 8.17. The predicted molar refractivity (Wildman–Crippen MR) is 69.3 cm³/mol. The van der Waals surface area contributed by atoms with Crippen molar-refractivity contribution in [3.05, 3.63) is 29.0 Å². The summed E-state index contributed by atoms with van der Waals surface area (Å²) in [7, 11) is 0. The molecule has 0 saturated heterocycles. The molecule has 1 N–H and O–H groups in total. The van der Waals surface area contributed by atoms with Gasteiger partial charge in [0, 0.05) is 12.6 Å². The Kier molecular flexibility index (Phi) is 6.30. The average Bonchev–Trinajstić information content (AvgIpc) is 2.31. The molecular weight excluding hydrogens is 241 g/mol. The second-order valence-corrected chi connectivity index (χ2v) is 4.32. The van der Waals surface area contributed by atoms with Crippen LogP contribution >= 0.6 is 11.6 Å². The van der Waals surface area contributed by atoms with Crippen molar-refractivity contribution in [3.8, 4) is 5.75 Å². The third-order valence-corrected chi connectivity index (χ3v) is 2.72. The SMILES string of the molecule is CCCC(CNCC)Oc1ccc(F)c(Cl)c1. The van der Waals surface area contributed by atoms with Crippen molar-refractivity contribution >= 4 is 11.6 Å². The van der Waals surface area contributed by atoms with Crippen LogP contribution in [0.2, 0.25) is 5.02 Å². The predicted octanol–water partition coefficient (Wildman–Crippen LogP) is 3.64. The Morgan fingerprint density at radius 2 is 2.18 bits per heavy atom. The lowest BCUT2D eigenvalue weighted by atomic mass is 10.2. The molecule has 1 aromatic rings. The molecule has 0 radical (unpaired) electrons. The number of rotatable bonds is 7. The van der Waals surface area contributed by atoms with Crippen LogP contribution in [0.15, 0.2) is 18.2 Å². The van der Waals surface area contributed by atoms with Gasteiger partial charge in [-0.3, -0.25) is 0 Å². The molecule has 17 heavy (non-hydrogen) atoms. The van der Waals surface area contributed by atoms with Crippen molar-refractivity contribution in [2.45, 2.75) is 32.8 Å². The Hall–Kier alpha value is -0.800. The Morgan fingerprint density at radius 1 is 1.41 bits per heavy atom. The molecule has 96 valence electrons. The summed E-state index contributed by atoms with van der Waals surface area (Å²) in [6.07, 6.45) is 2.11. The molecule has 0 aliphatic carbocycles. The molecule has 0 spiro atoms. The lowest BCUT2D eigenvalue weighted by Crippen LogP contribution is -2.31. The van der Waals surface area contributed by atoms with Gasteiger partial charge in [-0.2, -0.15) is 0 Å². The fraction of sp³-hybridized carbons (Fsp3) is 0.538. The molecule has 0 saturated carbocycles. The Bertz CT molecular complexity index is 346. The van der Waals surface area contributed by atoms with E-state index in [1.807, 2.05) is 0 Å². The van der Waals surface area contributed by atoms with Crippen LogP contribution in [0.5, 0.6) is 5.75 Å². The third-order valence-electron chi connectivity index (χ3n) is 2.43. The summed E-state index contributed by atoms with van der Waals surface area (Å²) in [6.45, 7) is 5.87. The molecule has 0 heterocycles. The lowest BCUT2D eigenvalue weighted by Gasteiger charge is -2.19. The van der Waals surface area contributed by atoms with E-state index >= 15 is 0 Å². The van der Waals surface area contributed by atoms with E-state index in [1.165, 1.54) is 12.1 Å². The second kappa shape index (κ2) is 7.51. The average molecular weight is 260 g/mol. The smallest absolute Gasteiger partial charge is 0.142 e. The summed E-state index contributed by atoms with van der Waals surface area (Å²) in [4.78, 5) is 0. The number of likely N-dealkylation sites (N-methyl/N-ethyl adjacent to an activating group) is 1. The third kappa shape index (κ3) is 4.92. The van der Waals surface area contributed by atoms with Crippen molar-refractivity contribution in [2.75, 3.05) is 13.1 Å². The molecule has 0 aromatic heterocycles. The fourth-order valence-corrected chi connectivity index (χ4v) is 1.74. The van der Waals surface area contributed by atoms with E-state index in [4.69, 9.17) is 16.3 Å². The topological polar surface area (TPSA) is 21.3 Å². The van der Waals surface area contributed by atoms with E-state index in [1.54, 1.807) is 6.07 Å². The van der Waals surface area contributed by atoms with E-state index in [0.29, 0.717) is 5.75 Å². The van der Waals surface area contributed by atoms with E-state index in [0.717, 1.165) is 25.9 Å². The largest absolute Gasteiger partial charge is 0.489 e. The van der Waals surface area contributed by atoms with Crippen LogP contribution in [0.25, 0.3) is 0 Å². The normalized spacial score (nSPS) is 12.5. The van der Waals surface area contributed by atoms with Crippen molar-refractivity contribution in [3.63, 3.8) is 0 Å². The first-order valence-electron chi connectivity index (χ1n) is 5.99. The molecule has 0 bridgehead atoms. The molecule has 0 aliphatic rings. The lowest BCUT2D eigenvalue weighted by molar-refractivity contribution is 0.187. The van der Waals surface area contributed by atoms with Gasteiger partial charge in [0.25, 0.3) is 0 Å². The maximum Gasteiger partial charge on any atom is 0.142 e. The number of halogens is 2. The number of hydrogen-bond acceptors (Lipinski definition) is 2. The summed E-state index contributed by atoms with van der Waals surface area (Å²) < 4.78 is 18.8. The quantitative estimate of drug-likeness (QED) is 0.807. The zero-order valence-electron chi connectivity index (χ0n) is 10.3. The minimum Gasteiger partial charge on any atom is -0.489 e. The minimum absolute atomic E-state index is 0.0983. The Morgan fingerprint density at radius 3 is 2.76 bits per heavy atom. The van der Waals surface area contributed by atoms with Gasteiger partial charge in [-0.1, -0.05) is 31.9 Å². The Balaban J connectivity index is 2.61. The standard InChI is InChI=1S/C13H19ClFNO/c1-3-5-11(9-16-4-2)17-10-6-7-13(15)12(14)8-10/h6-8,11,16H,3-5,9H2,1-2H3. The zero-order valence-corrected chi connectivity index (χ0v) is 11.1. The first-order valence-corrected chi connectivity index (χ1v) is 6.37. The molecule has 1 rings (SSSR count). The number of benzene rings is 1. The summed E-state index contributed by atoms with van der Waals surface area (Å²) in [5, 5.41) is 3.35. The highest BCUT2D eigenvalue weighted by atomic mass is 35.5. The fourth-order valence-electron chi connectivity index (χ4n) is 1.57. The molecular formula is C13H19ClFNO. The van der Waals surface area contributed by atoms with Crippen molar-refractivity contribution in [1.29, 1.82) is 0 Å². The van der Waals surface area contributed by atoms with E-state index in [2.05, 4.69) is 19.2 Å². The number of nitrogens with one attached hydrogen (secondary N) is 1. The number of ether oxygens (including phenoxy) is 1. The van der Waals surface area contributed by atoms with E-state index in [-0.39, 0.29) is 11.1 Å². The van der Waals surface area contributed by atoms with Gasteiger partial charge in [0.05, 0.1) is 5.02 Å². The van der Waals surface area contributed by atoms with Crippen molar-refractivity contribution in [2.24, 2.45) is 0 Å². The van der Waals surface area contributed by atoms with Crippen molar-refractivity contribution in [1.82, 2.24) is 5.32 Å². The summed E-state index contributed by atoms with van der Waals surface area (Å²) >= 11 is 5.71. The van der Waals surface area contributed by atoms with Crippen molar-refractivity contribution < 1.29 is 9.13 Å². The van der Waals surface area contributed by atoms with Gasteiger partial charge < -0.3 is 10.1 Å². The first kappa shape index (κ1) is 14.3. The molecule has 0 amide bonds. The van der Waals surface area contributed by atoms with Crippen LogP contribution < -0.4 is 10.1 Å². The van der Waals surface area contributed by atoms with E-state index in [9.17, 15) is 4.39 Å². The maximum atomic E-state index is 13.0. The summed E-state index contributed by atoms with van der Waals surface area (Å²) in [6, 6.07) is 4.45. The minimum atomic E-state index is -0.419. The molecule has 1 unspecified atom stereocenters.